The largest absolute Gasteiger partial charge is 0.454 e. The van der Waals surface area contributed by atoms with Gasteiger partial charge in [0.2, 0.25) is 22.7 Å². The number of likely N-dealkylation sites (tertiary alicyclic amines) is 1. The zero-order valence-electron chi connectivity index (χ0n) is 18.7. The Bertz CT molecular complexity index is 1250. The molecule has 0 saturated carbocycles. The Balaban J connectivity index is 1.17. The fourth-order valence-corrected chi connectivity index (χ4v) is 4.71. The van der Waals surface area contributed by atoms with E-state index in [1.807, 2.05) is 30.3 Å². The molecule has 3 heterocycles. The molecule has 2 aliphatic rings. The number of nitrogens with zero attached hydrogens (tertiary/aromatic N) is 3. The molecule has 10 nitrogen and oxygen atoms in total. The number of anilines is 1. The predicted octanol–water partition coefficient (Wildman–Crippen LogP) is 2.69. The number of piperidine rings is 1. The number of benzene rings is 2. The highest BCUT2D eigenvalue weighted by molar-refractivity contribution is 7.15. The van der Waals surface area contributed by atoms with Crippen molar-refractivity contribution in [2.24, 2.45) is 5.92 Å². The lowest BCUT2D eigenvalue weighted by atomic mass is 9.97. The van der Waals surface area contributed by atoms with Gasteiger partial charge in [0.1, 0.15) is 0 Å². The maximum atomic E-state index is 13.0. The van der Waals surface area contributed by atoms with E-state index in [4.69, 9.17) is 9.47 Å². The summed E-state index contributed by atoms with van der Waals surface area (Å²) >= 11 is 0.923. The van der Waals surface area contributed by atoms with Gasteiger partial charge in [-0.05, 0) is 30.5 Å². The first-order valence-corrected chi connectivity index (χ1v) is 12.0. The summed E-state index contributed by atoms with van der Waals surface area (Å²) in [5.41, 5.74) is 1.53. The summed E-state index contributed by atoms with van der Waals surface area (Å²) in [4.78, 5) is 39.9. The number of amides is 3. The van der Waals surface area contributed by atoms with Crippen molar-refractivity contribution in [1.29, 1.82) is 0 Å². The predicted molar refractivity (Wildman–Crippen MR) is 127 cm³/mol. The lowest BCUT2D eigenvalue weighted by molar-refractivity contribution is -0.126. The molecule has 3 aromatic rings. The van der Waals surface area contributed by atoms with E-state index in [1.54, 1.807) is 23.1 Å². The van der Waals surface area contributed by atoms with E-state index < -0.39 is 5.91 Å². The Labute approximate surface area is 205 Å². The van der Waals surface area contributed by atoms with Crippen molar-refractivity contribution in [2.45, 2.75) is 19.4 Å². The number of rotatable bonds is 6. The van der Waals surface area contributed by atoms with E-state index in [2.05, 4.69) is 20.8 Å². The van der Waals surface area contributed by atoms with E-state index in [9.17, 15) is 14.4 Å². The second-order valence-electron chi connectivity index (χ2n) is 8.23. The molecular weight excluding hydrogens is 470 g/mol. The molecule has 0 aliphatic carbocycles. The number of aromatic nitrogens is 2. The van der Waals surface area contributed by atoms with Gasteiger partial charge >= 0.3 is 0 Å². The zero-order valence-corrected chi connectivity index (χ0v) is 19.5. The number of fused-ring (bicyclic) bond motifs is 1. The molecule has 11 heteroatoms. The second kappa shape index (κ2) is 10.1. The molecule has 0 bridgehead atoms. The minimum atomic E-state index is -0.475. The Kier molecular flexibility index (Phi) is 6.57. The minimum absolute atomic E-state index is 0.0696. The highest BCUT2D eigenvalue weighted by Crippen LogP contribution is 2.34. The molecule has 5 rings (SSSR count). The maximum Gasteiger partial charge on any atom is 0.286 e. The van der Waals surface area contributed by atoms with Crippen LogP contribution in [0.4, 0.5) is 5.69 Å². The van der Waals surface area contributed by atoms with Gasteiger partial charge in [-0.1, -0.05) is 41.7 Å². The third kappa shape index (κ3) is 5.24. The average Bonchev–Trinajstić information content (AvgIpc) is 3.57. The van der Waals surface area contributed by atoms with Crippen molar-refractivity contribution in [1.82, 2.24) is 20.4 Å². The smallest absolute Gasteiger partial charge is 0.286 e. The van der Waals surface area contributed by atoms with Crippen molar-refractivity contribution < 1.29 is 23.9 Å². The van der Waals surface area contributed by atoms with Crippen LogP contribution in [0.2, 0.25) is 0 Å². The molecule has 2 aliphatic heterocycles. The summed E-state index contributed by atoms with van der Waals surface area (Å²) in [7, 11) is 0. The Morgan fingerprint density at radius 3 is 2.69 bits per heavy atom. The highest BCUT2D eigenvalue weighted by Gasteiger charge is 2.31. The van der Waals surface area contributed by atoms with Gasteiger partial charge in [-0.25, -0.2) is 0 Å². The molecular formula is C24H23N5O5S. The molecule has 35 heavy (non-hydrogen) atoms. The van der Waals surface area contributed by atoms with Crippen LogP contribution in [0.25, 0.3) is 0 Å². The lowest BCUT2D eigenvalue weighted by Crippen LogP contribution is -2.45. The third-order valence-electron chi connectivity index (χ3n) is 5.82. The van der Waals surface area contributed by atoms with Crippen molar-refractivity contribution in [2.75, 3.05) is 25.2 Å². The SMILES string of the molecule is O=C(Nc1ccc2c(c1)OCO2)c1nnc(C(=O)N2CCC[C@@H](C(=O)NCc3ccccc3)C2)s1. The number of ether oxygens (including phenoxy) is 2. The number of hydrogen-bond donors (Lipinski definition) is 2. The first-order chi connectivity index (χ1) is 17.1. The van der Waals surface area contributed by atoms with Gasteiger partial charge in [-0.2, -0.15) is 0 Å². The molecule has 1 fully saturated rings. The average molecular weight is 494 g/mol. The van der Waals surface area contributed by atoms with Crippen LogP contribution in [0.1, 0.15) is 38.0 Å². The summed E-state index contributed by atoms with van der Waals surface area (Å²) < 4.78 is 10.6. The van der Waals surface area contributed by atoms with Gasteiger partial charge in [-0.3, -0.25) is 14.4 Å². The molecule has 1 atom stereocenters. The molecule has 0 spiro atoms. The van der Waals surface area contributed by atoms with Gasteiger partial charge in [0.25, 0.3) is 11.8 Å². The van der Waals surface area contributed by atoms with Crippen LogP contribution in [0.3, 0.4) is 0 Å². The van der Waals surface area contributed by atoms with E-state index in [0.717, 1.165) is 16.9 Å². The summed E-state index contributed by atoms with van der Waals surface area (Å²) in [6.07, 6.45) is 1.43. The molecule has 0 radical (unpaired) electrons. The first-order valence-electron chi connectivity index (χ1n) is 11.2. The molecule has 1 saturated heterocycles. The van der Waals surface area contributed by atoms with Crippen LogP contribution < -0.4 is 20.1 Å². The van der Waals surface area contributed by atoms with Gasteiger partial charge in [0, 0.05) is 31.4 Å². The third-order valence-corrected chi connectivity index (χ3v) is 6.73. The van der Waals surface area contributed by atoms with Gasteiger partial charge in [0.15, 0.2) is 11.5 Å². The second-order valence-corrected chi connectivity index (χ2v) is 9.21. The van der Waals surface area contributed by atoms with Crippen LogP contribution in [-0.2, 0) is 11.3 Å². The number of nitrogens with one attached hydrogen (secondary N) is 2. The molecule has 2 aromatic carbocycles. The number of carbonyl (C=O) groups excluding carboxylic acids is 3. The standard InChI is InChI=1S/C24H23N5O5S/c30-20(25-12-15-5-2-1-3-6-15)16-7-4-10-29(13-16)24(32)23-28-27-22(35-23)21(31)26-17-8-9-18-19(11-17)34-14-33-18/h1-3,5-6,8-9,11,16H,4,7,10,12-14H2,(H,25,30)(H,26,31)/t16-/m1/s1. The van der Waals surface area contributed by atoms with Crippen LogP contribution in [0, 0.1) is 5.92 Å². The van der Waals surface area contributed by atoms with Crippen LogP contribution >= 0.6 is 11.3 Å². The van der Waals surface area contributed by atoms with Crippen LogP contribution in [-0.4, -0.2) is 52.7 Å². The van der Waals surface area contributed by atoms with Crippen molar-refractivity contribution in [3.63, 3.8) is 0 Å². The monoisotopic (exact) mass is 493 g/mol. The number of carbonyl (C=O) groups is 3. The zero-order chi connectivity index (χ0) is 24.2. The Morgan fingerprint density at radius 2 is 1.83 bits per heavy atom. The molecule has 180 valence electrons. The summed E-state index contributed by atoms with van der Waals surface area (Å²) in [6.45, 7) is 1.42. The lowest BCUT2D eigenvalue weighted by Gasteiger charge is -2.31. The number of hydrogen-bond acceptors (Lipinski definition) is 8. The van der Waals surface area contributed by atoms with Crippen LogP contribution in [0.15, 0.2) is 48.5 Å². The van der Waals surface area contributed by atoms with Crippen molar-refractivity contribution >= 4 is 34.7 Å². The molecule has 3 amide bonds. The van der Waals surface area contributed by atoms with E-state index in [0.29, 0.717) is 49.7 Å². The molecule has 0 unspecified atom stereocenters. The van der Waals surface area contributed by atoms with E-state index in [-0.39, 0.29) is 34.5 Å². The quantitative estimate of drug-likeness (QED) is 0.541. The summed E-state index contributed by atoms with van der Waals surface area (Å²) in [5.74, 6) is -0.0169. The van der Waals surface area contributed by atoms with Gasteiger partial charge in [-0.15, -0.1) is 10.2 Å². The molecule has 2 N–H and O–H groups in total. The fraction of sp³-hybridized carbons (Fsp3) is 0.292. The van der Waals surface area contributed by atoms with Crippen molar-refractivity contribution in [3.05, 3.63) is 64.1 Å². The Morgan fingerprint density at radius 1 is 1.03 bits per heavy atom. The maximum absolute atomic E-state index is 13.0. The normalized spacial score (nSPS) is 16.6. The van der Waals surface area contributed by atoms with Gasteiger partial charge < -0.3 is 25.0 Å². The summed E-state index contributed by atoms with van der Waals surface area (Å²) in [6, 6.07) is 14.7. The Hall–Kier alpha value is -3.99. The van der Waals surface area contributed by atoms with Crippen LogP contribution in [0.5, 0.6) is 11.5 Å². The van der Waals surface area contributed by atoms with Crippen molar-refractivity contribution in [3.8, 4) is 11.5 Å². The minimum Gasteiger partial charge on any atom is -0.454 e. The first kappa shape index (κ1) is 22.8. The fourth-order valence-electron chi connectivity index (χ4n) is 4.00. The van der Waals surface area contributed by atoms with E-state index >= 15 is 0 Å². The van der Waals surface area contributed by atoms with E-state index in [1.165, 1.54) is 0 Å². The summed E-state index contributed by atoms with van der Waals surface area (Å²) in [5, 5.41) is 13.7. The van der Waals surface area contributed by atoms with Gasteiger partial charge in [0.05, 0.1) is 5.92 Å². The molecule has 1 aromatic heterocycles. The topological polar surface area (TPSA) is 123 Å². The highest BCUT2D eigenvalue weighted by atomic mass is 32.1.